The summed E-state index contributed by atoms with van der Waals surface area (Å²) in [6.07, 6.45) is 2.44. The first-order valence-corrected chi connectivity index (χ1v) is 6.84. The van der Waals surface area contributed by atoms with Crippen LogP contribution in [0, 0.1) is 0 Å². The second kappa shape index (κ2) is 5.75. The lowest BCUT2D eigenvalue weighted by Crippen LogP contribution is -2.04. The molecule has 21 heavy (non-hydrogen) atoms. The summed E-state index contributed by atoms with van der Waals surface area (Å²) in [7, 11) is 0. The van der Waals surface area contributed by atoms with Gasteiger partial charge in [-0.2, -0.15) is 0 Å². The SMILES string of the molecule is O=C(O)CCCn1c(-c2ccccn2)nc2ccccc21. The van der Waals surface area contributed by atoms with E-state index in [0.29, 0.717) is 13.0 Å². The summed E-state index contributed by atoms with van der Waals surface area (Å²) in [4.78, 5) is 19.7. The maximum Gasteiger partial charge on any atom is 0.303 e. The molecule has 0 fully saturated rings. The number of aromatic nitrogens is 3. The van der Waals surface area contributed by atoms with Crippen LogP contribution in [0.25, 0.3) is 22.6 Å². The third-order valence-electron chi connectivity index (χ3n) is 3.32. The number of fused-ring (bicyclic) bond motifs is 1. The zero-order valence-electron chi connectivity index (χ0n) is 11.4. The normalized spacial score (nSPS) is 10.9. The Morgan fingerprint density at radius 2 is 1.95 bits per heavy atom. The molecular formula is C16H15N3O2. The van der Waals surface area contributed by atoms with Gasteiger partial charge in [-0.25, -0.2) is 4.98 Å². The smallest absolute Gasteiger partial charge is 0.303 e. The molecule has 5 heteroatoms. The Hall–Kier alpha value is -2.69. The van der Waals surface area contributed by atoms with Gasteiger partial charge in [-0.05, 0) is 30.7 Å². The Labute approximate surface area is 121 Å². The molecule has 0 unspecified atom stereocenters. The van der Waals surface area contributed by atoms with E-state index < -0.39 is 5.97 Å². The van der Waals surface area contributed by atoms with E-state index in [1.165, 1.54) is 0 Å². The van der Waals surface area contributed by atoms with Crippen LogP contribution < -0.4 is 0 Å². The Kier molecular flexibility index (Phi) is 3.64. The van der Waals surface area contributed by atoms with Gasteiger partial charge in [0.25, 0.3) is 0 Å². The van der Waals surface area contributed by atoms with Gasteiger partial charge in [0.05, 0.1) is 11.0 Å². The van der Waals surface area contributed by atoms with Crippen molar-refractivity contribution in [1.82, 2.24) is 14.5 Å². The molecule has 0 spiro atoms. The van der Waals surface area contributed by atoms with Gasteiger partial charge >= 0.3 is 5.97 Å². The number of pyridine rings is 1. The summed E-state index contributed by atoms with van der Waals surface area (Å²) in [5.41, 5.74) is 2.70. The number of hydrogen-bond acceptors (Lipinski definition) is 3. The van der Waals surface area contributed by atoms with E-state index in [9.17, 15) is 4.79 Å². The van der Waals surface area contributed by atoms with Crippen molar-refractivity contribution in [3.05, 3.63) is 48.7 Å². The van der Waals surface area contributed by atoms with Gasteiger partial charge in [0.2, 0.25) is 0 Å². The van der Waals surface area contributed by atoms with E-state index >= 15 is 0 Å². The van der Waals surface area contributed by atoms with Crippen LogP contribution in [0.1, 0.15) is 12.8 Å². The second-order valence-corrected chi connectivity index (χ2v) is 4.79. The van der Waals surface area contributed by atoms with Crippen LogP contribution in [-0.4, -0.2) is 25.6 Å². The number of aliphatic carboxylic acids is 1. The van der Waals surface area contributed by atoms with Crippen LogP contribution >= 0.6 is 0 Å². The predicted molar refractivity (Wildman–Crippen MR) is 79.8 cm³/mol. The topological polar surface area (TPSA) is 68.0 Å². The van der Waals surface area contributed by atoms with Gasteiger partial charge in [0.15, 0.2) is 5.82 Å². The second-order valence-electron chi connectivity index (χ2n) is 4.79. The molecule has 3 rings (SSSR count). The number of benzene rings is 1. The molecule has 3 aromatic rings. The fourth-order valence-corrected chi connectivity index (χ4v) is 2.38. The Balaban J connectivity index is 2.04. The van der Waals surface area contributed by atoms with Crippen LogP contribution in [0.3, 0.4) is 0 Å². The van der Waals surface area contributed by atoms with Crippen molar-refractivity contribution in [3.63, 3.8) is 0 Å². The lowest BCUT2D eigenvalue weighted by Gasteiger charge is -2.07. The highest BCUT2D eigenvalue weighted by Gasteiger charge is 2.13. The summed E-state index contributed by atoms with van der Waals surface area (Å²) in [6, 6.07) is 13.5. The Morgan fingerprint density at radius 1 is 1.14 bits per heavy atom. The minimum atomic E-state index is -0.779. The number of rotatable bonds is 5. The van der Waals surface area contributed by atoms with Crippen molar-refractivity contribution >= 4 is 17.0 Å². The number of para-hydroxylation sites is 2. The molecule has 1 aromatic carbocycles. The average Bonchev–Trinajstić information content (AvgIpc) is 2.87. The fraction of sp³-hybridized carbons (Fsp3) is 0.188. The molecule has 0 saturated heterocycles. The van der Waals surface area contributed by atoms with Crippen LogP contribution in [0.5, 0.6) is 0 Å². The molecule has 0 aliphatic heterocycles. The van der Waals surface area contributed by atoms with Crippen LogP contribution in [0.15, 0.2) is 48.7 Å². The molecule has 0 aliphatic carbocycles. The highest BCUT2D eigenvalue weighted by Crippen LogP contribution is 2.23. The molecule has 0 aliphatic rings. The first-order valence-electron chi connectivity index (χ1n) is 6.84. The molecule has 0 saturated carbocycles. The predicted octanol–water partition coefficient (Wildman–Crippen LogP) is 2.96. The van der Waals surface area contributed by atoms with Gasteiger partial charge in [-0.15, -0.1) is 0 Å². The zero-order valence-corrected chi connectivity index (χ0v) is 11.4. The van der Waals surface area contributed by atoms with Crippen molar-refractivity contribution in [2.45, 2.75) is 19.4 Å². The van der Waals surface area contributed by atoms with Gasteiger partial charge in [0, 0.05) is 19.2 Å². The van der Waals surface area contributed by atoms with Crippen molar-refractivity contribution in [2.75, 3.05) is 0 Å². The first kappa shape index (κ1) is 13.3. The molecule has 0 atom stereocenters. The number of hydrogen-bond donors (Lipinski definition) is 1. The quantitative estimate of drug-likeness (QED) is 0.780. The lowest BCUT2D eigenvalue weighted by atomic mass is 10.2. The summed E-state index contributed by atoms with van der Waals surface area (Å²) >= 11 is 0. The molecule has 2 aromatic heterocycles. The molecule has 0 bridgehead atoms. The summed E-state index contributed by atoms with van der Waals surface area (Å²) < 4.78 is 2.04. The molecule has 1 N–H and O–H groups in total. The van der Waals surface area contributed by atoms with Crippen LogP contribution in [-0.2, 0) is 11.3 Å². The summed E-state index contributed by atoms with van der Waals surface area (Å²) in [6.45, 7) is 0.610. The van der Waals surface area contributed by atoms with Gasteiger partial charge in [-0.3, -0.25) is 9.78 Å². The first-order chi connectivity index (χ1) is 10.3. The Morgan fingerprint density at radius 3 is 2.71 bits per heavy atom. The third kappa shape index (κ3) is 2.76. The van der Waals surface area contributed by atoms with Gasteiger partial charge < -0.3 is 9.67 Å². The highest BCUT2D eigenvalue weighted by atomic mass is 16.4. The highest BCUT2D eigenvalue weighted by molar-refractivity contribution is 5.80. The molecule has 106 valence electrons. The van der Waals surface area contributed by atoms with Crippen LogP contribution in [0.2, 0.25) is 0 Å². The van der Waals surface area contributed by atoms with Gasteiger partial charge in [0.1, 0.15) is 5.69 Å². The van der Waals surface area contributed by atoms with Crippen LogP contribution in [0.4, 0.5) is 0 Å². The fourth-order valence-electron chi connectivity index (χ4n) is 2.38. The van der Waals surface area contributed by atoms with E-state index in [2.05, 4.69) is 9.97 Å². The van der Waals surface area contributed by atoms with E-state index in [0.717, 1.165) is 22.6 Å². The van der Waals surface area contributed by atoms with Crippen molar-refractivity contribution in [3.8, 4) is 11.5 Å². The molecular weight excluding hydrogens is 266 g/mol. The van der Waals surface area contributed by atoms with Crippen molar-refractivity contribution in [2.24, 2.45) is 0 Å². The summed E-state index contributed by atoms with van der Waals surface area (Å²) in [5, 5.41) is 8.80. The van der Waals surface area contributed by atoms with Gasteiger partial charge in [-0.1, -0.05) is 18.2 Å². The number of nitrogens with zero attached hydrogens (tertiary/aromatic N) is 3. The number of carboxylic acid groups (broad SMARTS) is 1. The maximum atomic E-state index is 10.7. The third-order valence-corrected chi connectivity index (χ3v) is 3.32. The van der Waals surface area contributed by atoms with E-state index in [-0.39, 0.29) is 6.42 Å². The molecule has 5 nitrogen and oxygen atoms in total. The monoisotopic (exact) mass is 281 g/mol. The standard InChI is InChI=1S/C16H15N3O2/c20-15(21)9-5-11-19-14-8-2-1-6-12(14)18-16(19)13-7-3-4-10-17-13/h1-4,6-8,10H,5,9,11H2,(H,20,21). The minimum absolute atomic E-state index is 0.147. The largest absolute Gasteiger partial charge is 0.481 e. The van der Waals surface area contributed by atoms with E-state index in [1.54, 1.807) is 6.20 Å². The van der Waals surface area contributed by atoms with Crippen molar-refractivity contribution in [1.29, 1.82) is 0 Å². The van der Waals surface area contributed by atoms with E-state index in [4.69, 9.17) is 5.11 Å². The molecule has 2 heterocycles. The minimum Gasteiger partial charge on any atom is -0.481 e. The number of aryl methyl sites for hydroxylation is 1. The average molecular weight is 281 g/mol. The van der Waals surface area contributed by atoms with Crippen molar-refractivity contribution < 1.29 is 9.90 Å². The van der Waals surface area contributed by atoms with E-state index in [1.807, 2.05) is 47.0 Å². The maximum absolute atomic E-state index is 10.7. The number of carbonyl (C=O) groups is 1. The lowest BCUT2D eigenvalue weighted by molar-refractivity contribution is -0.137. The zero-order chi connectivity index (χ0) is 14.7. The molecule has 0 amide bonds. The Bertz CT molecular complexity index is 766. The number of imidazole rings is 1. The molecule has 0 radical (unpaired) electrons. The number of carboxylic acids is 1. The summed E-state index contributed by atoms with van der Waals surface area (Å²) in [5.74, 6) is 0.000922.